The number of Topliss-reactive ketones (excluding diaryl/α,β-unsaturated/α-hetero) is 2. The lowest BCUT2D eigenvalue weighted by atomic mass is 9.74. The second-order valence-corrected chi connectivity index (χ2v) is 8.05. The van der Waals surface area contributed by atoms with Crippen LogP contribution in [0.4, 0.5) is 0 Å². The number of carbonyl (C=O) groups is 2. The molecule has 1 aromatic rings. The molecular formula is C24H36O2. The van der Waals surface area contributed by atoms with Gasteiger partial charge in [-0.3, -0.25) is 9.59 Å². The van der Waals surface area contributed by atoms with Gasteiger partial charge in [-0.15, -0.1) is 0 Å². The van der Waals surface area contributed by atoms with Gasteiger partial charge >= 0.3 is 0 Å². The van der Waals surface area contributed by atoms with E-state index in [1.807, 2.05) is 18.2 Å². The molecule has 0 bridgehead atoms. The van der Waals surface area contributed by atoms with E-state index in [2.05, 4.69) is 19.1 Å². The van der Waals surface area contributed by atoms with Crippen LogP contribution in [0.15, 0.2) is 30.3 Å². The summed E-state index contributed by atoms with van der Waals surface area (Å²) in [6.45, 7) is 2.27. The van der Waals surface area contributed by atoms with Crippen LogP contribution in [-0.4, -0.2) is 11.6 Å². The number of aryl methyl sites for hydroxylation is 1. The van der Waals surface area contributed by atoms with Gasteiger partial charge in [-0.05, 0) is 36.7 Å². The highest BCUT2D eigenvalue weighted by Crippen LogP contribution is 2.36. The molecule has 0 spiro atoms. The van der Waals surface area contributed by atoms with Gasteiger partial charge in [0.1, 0.15) is 11.6 Å². The molecule has 0 amide bonds. The Morgan fingerprint density at radius 2 is 1.46 bits per heavy atom. The molecule has 144 valence electrons. The average Bonchev–Trinajstić information content (AvgIpc) is 2.67. The molecule has 1 fully saturated rings. The second-order valence-electron chi connectivity index (χ2n) is 8.05. The number of rotatable bonds is 12. The van der Waals surface area contributed by atoms with Gasteiger partial charge in [0.25, 0.3) is 0 Å². The van der Waals surface area contributed by atoms with Crippen molar-refractivity contribution in [3.05, 3.63) is 35.9 Å². The van der Waals surface area contributed by atoms with E-state index in [-0.39, 0.29) is 5.78 Å². The lowest BCUT2D eigenvalue weighted by Gasteiger charge is -2.31. The van der Waals surface area contributed by atoms with Crippen molar-refractivity contribution in [3.8, 4) is 0 Å². The van der Waals surface area contributed by atoms with Crippen LogP contribution in [0.2, 0.25) is 0 Å². The number of carbonyl (C=O) groups excluding carboxylic acids is 2. The molecule has 2 unspecified atom stereocenters. The molecule has 2 heteroatoms. The third-order valence-electron chi connectivity index (χ3n) is 5.97. The molecule has 0 heterocycles. The SMILES string of the molecule is CCCC1CCCCC1CCC(=O)CCCC(=O)CCc1ccccc1. The first kappa shape index (κ1) is 20.9. The van der Waals surface area contributed by atoms with Gasteiger partial charge in [0.15, 0.2) is 0 Å². The van der Waals surface area contributed by atoms with E-state index in [4.69, 9.17) is 0 Å². The summed E-state index contributed by atoms with van der Waals surface area (Å²) in [5, 5.41) is 0. The lowest BCUT2D eigenvalue weighted by Crippen LogP contribution is -2.20. The van der Waals surface area contributed by atoms with Crippen molar-refractivity contribution < 1.29 is 9.59 Å². The molecule has 2 rings (SSSR count). The molecule has 26 heavy (non-hydrogen) atoms. The normalized spacial score (nSPS) is 20.0. The number of hydrogen-bond acceptors (Lipinski definition) is 2. The van der Waals surface area contributed by atoms with Crippen molar-refractivity contribution in [1.82, 2.24) is 0 Å². The van der Waals surface area contributed by atoms with Crippen LogP contribution in [0.5, 0.6) is 0 Å². The summed E-state index contributed by atoms with van der Waals surface area (Å²) in [6, 6.07) is 10.1. The maximum atomic E-state index is 12.2. The van der Waals surface area contributed by atoms with Crippen molar-refractivity contribution >= 4 is 11.6 Å². The average molecular weight is 357 g/mol. The fraction of sp³-hybridized carbons (Fsp3) is 0.667. The van der Waals surface area contributed by atoms with Crippen LogP contribution in [0.1, 0.15) is 89.5 Å². The van der Waals surface area contributed by atoms with Gasteiger partial charge in [0.05, 0.1) is 0 Å². The van der Waals surface area contributed by atoms with E-state index in [1.165, 1.54) is 44.1 Å². The minimum atomic E-state index is 0.289. The van der Waals surface area contributed by atoms with E-state index in [0.29, 0.717) is 25.0 Å². The van der Waals surface area contributed by atoms with E-state index in [1.54, 1.807) is 0 Å². The summed E-state index contributed by atoms with van der Waals surface area (Å²) in [5.41, 5.74) is 1.21. The number of hydrogen-bond donors (Lipinski definition) is 0. The van der Waals surface area contributed by atoms with Crippen molar-refractivity contribution in [2.24, 2.45) is 11.8 Å². The maximum absolute atomic E-state index is 12.2. The zero-order valence-electron chi connectivity index (χ0n) is 16.6. The molecule has 1 aliphatic carbocycles. The fourth-order valence-corrected chi connectivity index (χ4v) is 4.42. The monoisotopic (exact) mass is 356 g/mol. The summed E-state index contributed by atoms with van der Waals surface area (Å²) in [6.07, 6.45) is 13.1. The van der Waals surface area contributed by atoms with E-state index < -0.39 is 0 Å². The molecular weight excluding hydrogens is 320 g/mol. The van der Waals surface area contributed by atoms with Crippen LogP contribution in [0.3, 0.4) is 0 Å². The minimum Gasteiger partial charge on any atom is -0.300 e. The molecule has 0 saturated heterocycles. The molecule has 0 aromatic heterocycles. The summed E-state index contributed by atoms with van der Waals surface area (Å²) >= 11 is 0. The zero-order chi connectivity index (χ0) is 18.6. The van der Waals surface area contributed by atoms with Gasteiger partial charge in [0, 0.05) is 25.7 Å². The fourth-order valence-electron chi connectivity index (χ4n) is 4.42. The maximum Gasteiger partial charge on any atom is 0.133 e. The second kappa shape index (κ2) is 12.0. The van der Waals surface area contributed by atoms with E-state index in [0.717, 1.165) is 37.5 Å². The molecule has 1 aromatic carbocycles. The van der Waals surface area contributed by atoms with E-state index in [9.17, 15) is 9.59 Å². The third kappa shape index (κ3) is 7.85. The van der Waals surface area contributed by atoms with Crippen LogP contribution < -0.4 is 0 Å². The Morgan fingerprint density at radius 3 is 2.12 bits per heavy atom. The number of benzene rings is 1. The Bertz CT molecular complexity index is 532. The zero-order valence-corrected chi connectivity index (χ0v) is 16.6. The van der Waals surface area contributed by atoms with Crippen molar-refractivity contribution in [3.63, 3.8) is 0 Å². The van der Waals surface area contributed by atoms with Crippen LogP contribution >= 0.6 is 0 Å². The largest absolute Gasteiger partial charge is 0.300 e. The molecule has 0 radical (unpaired) electrons. The Kier molecular flexibility index (Phi) is 9.66. The predicted octanol–water partition coefficient (Wildman–Crippen LogP) is 6.31. The lowest BCUT2D eigenvalue weighted by molar-refractivity contribution is -0.120. The van der Waals surface area contributed by atoms with Gasteiger partial charge in [-0.25, -0.2) is 0 Å². The van der Waals surface area contributed by atoms with Crippen molar-refractivity contribution in [1.29, 1.82) is 0 Å². The van der Waals surface area contributed by atoms with Crippen LogP contribution in [0, 0.1) is 11.8 Å². The summed E-state index contributed by atoms with van der Waals surface area (Å²) in [5.74, 6) is 2.26. The summed E-state index contributed by atoms with van der Waals surface area (Å²) < 4.78 is 0. The Balaban J connectivity index is 1.57. The van der Waals surface area contributed by atoms with Gasteiger partial charge < -0.3 is 0 Å². The quantitative estimate of drug-likeness (QED) is 0.439. The molecule has 0 aliphatic heterocycles. The standard InChI is InChI=1S/C24H36O2/c1-2-9-21-12-6-7-13-22(21)17-19-24(26)15-8-14-23(25)18-16-20-10-4-3-5-11-20/h3-5,10-11,21-22H,2,6-9,12-19H2,1H3. The molecule has 1 aliphatic rings. The first-order valence-electron chi connectivity index (χ1n) is 10.8. The molecule has 1 saturated carbocycles. The molecule has 2 nitrogen and oxygen atoms in total. The topological polar surface area (TPSA) is 34.1 Å². The predicted molar refractivity (Wildman–Crippen MR) is 108 cm³/mol. The Hall–Kier alpha value is -1.44. The smallest absolute Gasteiger partial charge is 0.133 e. The van der Waals surface area contributed by atoms with Gasteiger partial charge in [-0.1, -0.05) is 75.8 Å². The van der Waals surface area contributed by atoms with Crippen molar-refractivity contribution in [2.45, 2.75) is 90.4 Å². The summed E-state index contributed by atoms with van der Waals surface area (Å²) in [4.78, 5) is 24.2. The summed E-state index contributed by atoms with van der Waals surface area (Å²) in [7, 11) is 0. The van der Waals surface area contributed by atoms with Crippen molar-refractivity contribution in [2.75, 3.05) is 0 Å². The first-order valence-corrected chi connectivity index (χ1v) is 10.8. The highest BCUT2D eigenvalue weighted by molar-refractivity contribution is 5.81. The van der Waals surface area contributed by atoms with Gasteiger partial charge in [-0.2, -0.15) is 0 Å². The van der Waals surface area contributed by atoms with E-state index >= 15 is 0 Å². The third-order valence-corrected chi connectivity index (χ3v) is 5.97. The Labute approximate surface area is 159 Å². The number of ketones is 2. The van der Waals surface area contributed by atoms with Crippen LogP contribution in [-0.2, 0) is 16.0 Å². The van der Waals surface area contributed by atoms with Gasteiger partial charge in [0.2, 0.25) is 0 Å². The molecule has 0 N–H and O–H groups in total. The Morgan fingerprint density at radius 1 is 0.846 bits per heavy atom. The highest BCUT2D eigenvalue weighted by Gasteiger charge is 2.24. The van der Waals surface area contributed by atoms with Crippen LogP contribution in [0.25, 0.3) is 0 Å². The highest BCUT2D eigenvalue weighted by atomic mass is 16.1. The molecule has 2 atom stereocenters. The first-order chi connectivity index (χ1) is 12.7. The minimum absolute atomic E-state index is 0.289.